The van der Waals surface area contributed by atoms with Gasteiger partial charge in [0.05, 0.1) is 12.2 Å². The first-order chi connectivity index (χ1) is 10.0. The number of nitrogens with one attached hydrogen (secondary N) is 1. The van der Waals surface area contributed by atoms with Crippen LogP contribution in [-0.4, -0.2) is 31.7 Å². The fourth-order valence-electron chi connectivity index (χ4n) is 2.34. The molecule has 1 aromatic rings. The Morgan fingerprint density at radius 2 is 2.00 bits per heavy atom. The third kappa shape index (κ3) is 3.63. The fraction of sp³-hybridized carbons (Fsp3) is 0.600. The topological polar surface area (TPSA) is 64.6 Å². The Hall–Kier alpha value is -1.40. The Balaban J connectivity index is 2.17. The van der Waals surface area contributed by atoms with Crippen LogP contribution >= 0.6 is 11.3 Å². The monoisotopic (exact) mass is 311 g/mol. The van der Waals surface area contributed by atoms with Crippen LogP contribution < -0.4 is 5.32 Å². The highest BCUT2D eigenvalue weighted by atomic mass is 32.1. The number of anilines is 1. The van der Waals surface area contributed by atoms with Crippen molar-refractivity contribution in [1.82, 2.24) is 0 Å². The zero-order valence-corrected chi connectivity index (χ0v) is 13.5. The van der Waals surface area contributed by atoms with Gasteiger partial charge in [-0.25, -0.2) is 4.79 Å². The lowest BCUT2D eigenvalue weighted by atomic mass is 9.99. The number of amides is 1. The number of ether oxygens (including phenoxy) is 2. The van der Waals surface area contributed by atoms with Crippen LogP contribution in [0, 0.1) is 19.8 Å². The standard InChI is InChI=1S/C15H21NO4S/c1-4-20-15(18)12-9(2)10(3)21-14(12)16-13(17)11-5-7-19-8-6-11/h11H,4-8H2,1-3H3,(H,16,17). The van der Waals surface area contributed by atoms with Gasteiger partial charge in [0, 0.05) is 24.0 Å². The van der Waals surface area contributed by atoms with Gasteiger partial charge in [-0.1, -0.05) is 0 Å². The second-order valence-corrected chi connectivity index (χ2v) is 6.31. The van der Waals surface area contributed by atoms with Crippen molar-refractivity contribution in [3.8, 4) is 0 Å². The molecular weight excluding hydrogens is 290 g/mol. The van der Waals surface area contributed by atoms with E-state index in [0.717, 1.165) is 23.3 Å². The van der Waals surface area contributed by atoms with Crippen molar-refractivity contribution in [2.24, 2.45) is 5.92 Å². The first kappa shape index (κ1) is 16.0. The summed E-state index contributed by atoms with van der Waals surface area (Å²) in [5.74, 6) is -0.455. The van der Waals surface area contributed by atoms with E-state index in [9.17, 15) is 9.59 Å². The molecule has 1 fully saturated rings. The molecule has 1 aromatic heterocycles. The maximum atomic E-state index is 12.3. The predicted octanol–water partition coefficient (Wildman–Crippen LogP) is 2.91. The molecule has 0 spiro atoms. The second-order valence-electron chi connectivity index (χ2n) is 5.08. The highest BCUT2D eigenvalue weighted by Gasteiger charge is 2.26. The molecule has 0 radical (unpaired) electrons. The quantitative estimate of drug-likeness (QED) is 0.868. The van der Waals surface area contributed by atoms with E-state index in [2.05, 4.69) is 5.32 Å². The van der Waals surface area contributed by atoms with E-state index in [1.807, 2.05) is 13.8 Å². The minimum atomic E-state index is -0.373. The van der Waals surface area contributed by atoms with Crippen LogP contribution in [0.5, 0.6) is 0 Å². The van der Waals surface area contributed by atoms with Crippen LogP contribution in [0.15, 0.2) is 0 Å². The summed E-state index contributed by atoms with van der Waals surface area (Å²) in [6.45, 7) is 7.14. The fourth-order valence-corrected chi connectivity index (χ4v) is 3.39. The van der Waals surface area contributed by atoms with Gasteiger partial charge in [0.2, 0.25) is 5.91 Å². The molecule has 21 heavy (non-hydrogen) atoms. The van der Waals surface area contributed by atoms with Crippen LogP contribution in [0.1, 0.15) is 40.6 Å². The molecule has 0 aromatic carbocycles. The zero-order chi connectivity index (χ0) is 15.4. The molecule has 1 amide bonds. The van der Waals surface area contributed by atoms with Gasteiger partial charge < -0.3 is 14.8 Å². The van der Waals surface area contributed by atoms with E-state index in [0.29, 0.717) is 30.4 Å². The molecule has 1 N–H and O–H groups in total. The van der Waals surface area contributed by atoms with Crippen molar-refractivity contribution < 1.29 is 19.1 Å². The maximum absolute atomic E-state index is 12.3. The lowest BCUT2D eigenvalue weighted by Crippen LogP contribution is -2.28. The summed E-state index contributed by atoms with van der Waals surface area (Å²) in [5.41, 5.74) is 1.36. The van der Waals surface area contributed by atoms with Crippen LogP contribution in [0.4, 0.5) is 5.00 Å². The normalized spacial score (nSPS) is 15.8. The van der Waals surface area contributed by atoms with Crippen LogP contribution in [0.3, 0.4) is 0 Å². The Morgan fingerprint density at radius 3 is 2.62 bits per heavy atom. The third-order valence-corrected chi connectivity index (χ3v) is 4.82. The average molecular weight is 311 g/mol. The summed E-state index contributed by atoms with van der Waals surface area (Å²) in [7, 11) is 0. The molecule has 5 nitrogen and oxygen atoms in total. The van der Waals surface area contributed by atoms with Crippen molar-refractivity contribution in [2.45, 2.75) is 33.6 Å². The number of thiophene rings is 1. The molecule has 0 unspecified atom stereocenters. The third-order valence-electron chi connectivity index (χ3n) is 3.69. The molecule has 0 saturated carbocycles. The molecule has 1 aliphatic rings. The van der Waals surface area contributed by atoms with E-state index >= 15 is 0 Å². The Morgan fingerprint density at radius 1 is 1.33 bits per heavy atom. The summed E-state index contributed by atoms with van der Waals surface area (Å²) in [6, 6.07) is 0. The summed E-state index contributed by atoms with van der Waals surface area (Å²) in [4.78, 5) is 25.4. The van der Waals surface area contributed by atoms with Crippen molar-refractivity contribution in [3.63, 3.8) is 0 Å². The lowest BCUT2D eigenvalue weighted by Gasteiger charge is -2.21. The van der Waals surface area contributed by atoms with Gasteiger partial charge in [-0.3, -0.25) is 4.79 Å². The number of rotatable bonds is 4. The minimum absolute atomic E-state index is 0.0369. The lowest BCUT2D eigenvalue weighted by molar-refractivity contribution is -0.122. The molecule has 2 rings (SSSR count). The minimum Gasteiger partial charge on any atom is -0.462 e. The average Bonchev–Trinajstić information content (AvgIpc) is 2.75. The number of carbonyl (C=O) groups excluding carboxylic acids is 2. The number of hydrogen-bond donors (Lipinski definition) is 1. The van der Waals surface area contributed by atoms with Gasteiger partial charge >= 0.3 is 5.97 Å². The molecule has 1 aliphatic heterocycles. The number of carbonyl (C=O) groups is 2. The van der Waals surface area contributed by atoms with Crippen LogP contribution in [0.25, 0.3) is 0 Å². The van der Waals surface area contributed by atoms with Crippen LogP contribution in [-0.2, 0) is 14.3 Å². The van der Waals surface area contributed by atoms with E-state index in [1.165, 1.54) is 11.3 Å². The van der Waals surface area contributed by atoms with Gasteiger partial charge in [0.1, 0.15) is 5.00 Å². The van der Waals surface area contributed by atoms with E-state index < -0.39 is 0 Å². The molecule has 116 valence electrons. The highest BCUT2D eigenvalue weighted by Crippen LogP contribution is 2.33. The first-order valence-electron chi connectivity index (χ1n) is 7.20. The Labute approximate surface area is 128 Å². The van der Waals surface area contributed by atoms with Crippen LogP contribution in [0.2, 0.25) is 0 Å². The van der Waals surface area contributed by atoms with Gasteiger partial charge in [-0.05, 0) is 39.2 Å². The van der Waals surface area contributed by atoms with Crippen molar-refractivity contribution in [1.29, 1.82) is 0 Å². The molecule has 0 aliphatic carbocycles. The predicted molar refractivity (Wildman–Crippen MR) is 81.9 cm³/mol. The van der Waals surface area contributed by atoms with E-state index in [4.69, 9.17) is 9.47 Å². The van der Waals surface area contributed by atoms with Gasteiger partial charge in [0.15, 0.2) is 0 Å². The summed E-state index contributed by atoms with van der Waals surface area (Å²) < 4.78 is 10.4. The maximum Gasteiger partial charge on any atom is 0.341 e. The molecular formula is C15H21NO4S. The van der Waals surface area contributed by atoms with E-state index in [-0.39, 0.29) is 17.8 Å². The largest absolute Gasteiger partial charge is 0.462 e. The number of hydrogen-bond acceptors (Lipinski definition) is 5. The number of esters is 1. The molecule has 0 bridgehead atoms. The Kier molecular flexibility index (Phi) is 5.36. The molecule has 0 atom stereocenters. The van der Waals surface area contributed by atoms with Gasteiger partial charge in [-0.2, -0.15) is 0 Å². The summed E-state index contributed by atoms with van der Waals surface area (Å²) in [5, 5.41) is 3.50. The van der Waals surface area contributed by atoms with Crippen molar-refractivity contribution >= 4 is 28.2 Å². The highest BCUT2D eigenvalue weighted by molar-refractivity contribution is 7.16. The molecule has 2 heterocycles. The Bertz CT molecular complexity index is 532. The van der Waals surface area contributed by atoms with Crippen molar-refractivity contribution in [3.05, 3.63) is 16.0 Å². The molecule has 6 heteroatoms. The summed E-state index contributed by atoms with van der Waals surface area (Å²) in [6.07, 6.45) is 1.45. The number of aryl methyl sites for hydroxylation is 1. The first-order valence-corrected chi connectivity index (χ1v) is 8.02. The van der Waals surface area contributed by atoms with Gasteiger partial charge in [0.25, 0.3) is 0 Å². The zero-order valence-electron chi connectivity index (χ0n) is 12.7. The smallest absolute Gasteiger partial charge is 0.341 e. The van der Waals surface area contributed by atoms with Gasteiger partial charge in [-0.15, -0.1) is 11.3 Å². The van der Waals surface area contributed by atoms with Crippen molar-refractivity contribution in [2.75, 3.05) is 25.1 Å². The van der Waals surface area contributed by atoms with E-state index in [1.54, 1.807) is 6.92 Å². The molecule has 1 saturated heterocycles. The summed E-state index contributed by atoms with van der Waals surface area (Å²) >= 11 is 1.42. The SMILES string of the molecule is CCOC(=O)c1c(NC(=O)C2CCOCC2)sc(C)c1C. The second kappa shape index (κ2) is 7.04.